The highest BCUT2D eigenvalue weighted by Gasteiger charge is 2.10. The smallest absolute Gasteiger partial charge is 0.203 e. The zero-order valence-electron chi connectivity index (χ0n) is 14.3. The normalized spacial score (nSPS) is 12.0. The monoisotopic (exact) mass is 373 g/mol. The van der Waals surface area contributed by atoms with Crippen LogP contribution in [0.5, 0.6) is 0 Å². The van der Waals surface area contributed by atoms with Gasteiger partial charge in [-0.2, -0.15) is 5.10 Å². The SMILES string of the molecule is Clc1ccccc1N=N/C(=N\Nc1ccccc1)c1c[nH]c2ccccc12. The quantitative estimate of drug-likeness (QED) is 0.185. The maximum Gasteiger partial charge on any atom is 0.203 e. The maximum atomic E-state index is 6.19. The van der Waals surface area contributed by atoms with Crippen LogP contribution in [0.15, 0.2) is 100 Å². The van der Waals surface area contributed by atoms with Crippen molar-refractivity contribution in [2.24, 2.45) is 15.3 Å². The second-order valence-electron chi connectivity index (χ2n) is 5.81. The summed E-state index contributed by atoms with van der Waals surface area (Å²) >= 11 is 6.19. The number of amidine groups is 1. The predicted molar refractivity (Wildman–Crippen MR) is 111 cm³/mol. The molecule has 6 heteroatoms. The van der Waals surface area contributed by atoms with Crippen molar-refractivity contribution in [1.82, 2.24) is 4.98 Å². The molecule has 0 aliphatic carbocycles. The van der Waals surface area contributed by atoms with Crippen LogP contribution in [0.3, 0.4) is 0 Å². The largest absolute Gasteiger partial charge is 0.360 e. The Hall–Kier alpha value is -3.44. The van der Waals surface area contributed by atoms with Crippen molar-refractivity contribution < 1.29 is 0 Å². The highest BCUT2D eigenvalue weighted by molar-refractivity contribution is 6.32. The lowest BCUT2D eigenvalue weighted by Gasteiger charge is -2.03. The molecule has 0 unspecified atom stereocenters. The summed E-state index contributed by atoms with van der Waals surface area (Å²) in [6.45, 7) is 0. The minimum atomic E-state index is 0.455. The van der Waals surface area contributed by atoms with Gasteiger partial charge in [0, 0.05) is 22.7 Å². The number of hydrogen-bond donors (Lipinski definition) is 2. The van der Waals surface area contributed by atoms with E-state index < -0.39 is 0 Å². The molecule has 0 aliphatic heterocycles. The number of nitrogens with zero attached hydrogens (tertiary/aromatic N) is 3. The number of hydrogen-bond acceptors (Lipinski definition) is 3. The van der Waals surface area contributed by atoms with Crippen LogP contribution < -0.4 is 5.43 Å². The van der Waals surface area contributed by atoms with Crippen LogP contribution in [-0.4, -0.2) is 10.8 Å². The van der Waals surface area contributed by atoms with Gasteiger partial charge in [-0.3, -0.25) is 5.43 Å². The van der Waals surface area contributed by atoms with Crippen molar-refractivity contribution in [3.05, 3.63) is 95.6 Å². The summed E-state index contributed by atoms with van der Waals surface area (Å²) in [5.74, 6) is 0.455. The molecule has 132 valence electrons. The van der Waals surface area contributed by atoms with E-state index in [-0.39, 0.29) is 0 Å². The fourth-order valence-electron chi connectivity index (χ4n) is 2.66. The number of aromatic amines is 1. The first-order valence-electron chi connectivity index (χ1n) is 8.43. The molecule has 0 atom stereocenters. The van der Waals surface area contributed by atoms with Crippen LogP contribution in [0.4, 0.5) is 11.4 Å². The van der Waals surface area contributed by atoms with Crippen molar-refractivity contribution in [3.8, 4) is 0 Å². The lowest BCUT2D eigenvalue weighted by molar-refractivity contribution is 1.22. The van der Waals surface area contributed by atoms with Gasteiger partial charge in [0.1, 0.15) is 5.69 Å². The topological polar surface area (TPSA) is 64.9 Å². The van der Waals surface area contributed by atoms with E-state index in [0.717, 1.165) is 22.2 Å². The molecule has 5 nitrogen and oxygen atoms in total. The van der Waals surface area contributed by atoms with Crippen LogP contribution in [0.25, 0.3) is 10.9 Å². The molecule has 2 N–H and O–H groups in total. The van der Waals surface area contributed by atoms with Crippen molar-refractivity contribution in [2.45, 2.75) is 0 Å². The second-order valence-corrected chi connectivity index (χ2v) is 6.22. The Bertz CT molecular complexity index is 1120. The third kappa shape index (κ3) is 3.88. The molecule has 0 saturated heterocycles. The molecule has 0 radical (unpaired) electrons. The summed E-state index contributed by atoms with van der Waals surface area (Å²) in [7, 11) is 0. The fraction of sp³-hybridized carbons (Fsp3) is 0. The van der Waals surface area contributed by atoms with Crippen LogP contribution >= 0.6 is 11.6 Å². The Labute approximate surface area is 161 Å². The molecule has 0 fully saturated rings. The minimum Gasteiger partial charge on any atom is -0.360 e. The number of fused-ring (bicyclic) bond motifs is 1. The van der Waals surface area contributed by atoms with E-state index in [1.165, 1.54) is 0 Å². The molecule has 1 aromatic heterocycles. The van der Waals surface area contributed by atoms with Crippen LogP contribution in [0.2, 0.25) is 5.02 Å². The molecule has 4 aromatic rings. The van der Waals surface area contributed by atoms with Crippen molar-refractivity contribution in [3.63, 3.8) is 0 Å². The van der Waals surface area contributed by atoms with Crippen molar-refractivity contribution >= 4 is 39.7 Å². The number of hydrazone groups is 1. The third-order valence-corrected chi connectivity index (χ3v) is 4.32. The van der Waals surface area contributed by atoms with Gasteiger partial charge in [-0.25, -0.2) is 0 Å². The number of nitrogens with one attached hydrogen (secondary N) is 2. The van der Waals surface area contributed by atoms with Crippen LogP contribution in [0, 0.1) is 0 Å². The Morgan fingerprint density at radius 3 is 2.44 bits per heavy atom. The first kappa shape index (κ1) is 17.0. The number of rotatable bonds is 4. The van der Waals surface area contributed by atoms with Crippen LogP contribution in [-0.2, 0) is 0 Å². The molecule has 0 aliphatic rings. The van der Waals surface area contributed by atoms with Crippen molar-refractivity contribution in [2.75, 3.05) is 5.43 Å². The van der Waals surface area contributed by atoms with E-state index in [1.807, 2.05) is 79.0 Å². The highest BCUT2D eigenvalue weighted by atomic mass is 35.5. The Morgan fingerprint density at radius 1 is 0.852 bits per heavy atom. The lowest BCUT2D eigenvalue weighted by atomic mass is 10.1. The van der Waals surface area contributed by atoms with Gasteiger partial charge in [0.05, 0.1) is 10.7 Å². The number of para-hydroxylation sites is 2. The second kappa shape index (κ2) is 7.85. The van der Waals surface area contributed by atoms with E-state index in [9.17, 15) is 0 Å². The van der Waals surface area contributed by atoms with E-state index in [4.69, 9.17) is 11.6 Å². The summed E-state index contributed by atoms with van der Waals surface area (Å²) in [6.07, 6.45) is 1.88. The number of azo groups is 1. The maximum absolute atomic E-state index is 6.19. The van der Waals surface area contributed by atoms with Gasteiger partial charge in [-0.15, -0.1) is 10.2 Å². The average Bonchev–Trinajstić information content (AvgIpc) is 3.14. The number of benzene rings is 3. The predicted octanol–water partition coefficient (Wildman–Crippen LogP) is 6.38. The van der Waals surface area contributed by atoms with E-state index in [0.29, 0.717) is 16.5 Å². The summed E-state index contributed by atoms with van der Waals surface area (Å²) in [4.78, 5) is 3.24. The van der Waals surface area contributed by atoms with Gasteiger partial charge in [0.25, 0.3) is 0 Å². The van der Waals surface area contributed by atoms with Crippen LogP contribution in [0.1, 0.15) is 5.56 Å². The van der Waals surface area contributed by atoms with E-state index >= 15 is 0 Å². The van der Waals surface area contributed by atoms with Gasteiger partial charge in [-0.1, -0.05) is 60.1 Å². The molecule has 4 rings (SSSR count). The number of H-pyrrole nitrogens is 1. The average molecular weight is 374 g/mol. The summed E-state index contributed by atoms with van der Waals surface area (Å²) in [6, 6.07) is 25.0. The van der Waals surface area contributed by atoms with E-state index in [2.05, 4.69) is 25.7 Å². The van der Waals surface area contributed by atoms with Gasteiger partial charge in [0.15, 0.2) is 0 Å². The zero-order chi connectivity index (χ0) is 18.5. The first-order valence-corrected chi connectivity index (χ1v) is 8.80. The third-order valence-electron chi connectivity index (χ3n) is 4.00. The molecule has 0 amide bonds. The Kier molecular flexibility index (Phi) is 4.94. The minimum absolute atomic E-state index is 0.455. The molecule has 0 spiro atoms. The molecule has 27 heavy (non-hydrogen) atoms. The molecule has 1 heterocycles. The van der Waals surface area contributed by atoms with Gasteiger partial charge in [-0.05, 0) is 30.3 Å². The number of aromatic nitrogens is 1. The summed E-state index contributed by atoms with van der Waals surface area (Å²) < 4.78 is 0. The van der Waals surface area contributed by atoms with Gasteiger partial charge in [0.2, 0.25) is 5.84 Å². The summed E-state index contributed by atoms with van der Waals surface area (Å²) in [5, 5.41) is 14.7. The van der Waals surface area contributed by atoms with Gasteiger partial charge >= 0.3 is 0 Å². The number of halogens is 1. The fourth-order valence-corrected chi connectivity index (χ4v) is 2.83. The Morgan fingerprint density at radius 2 is 1.59 bits per heavy atom. The highest BCUT2D eigenvalue weighted by Crippen LogP contribution is 2.25. The molecule has 3 aromatic carbocycles. The summed E-state index contributed by atoms with van der Waals surface area (Å²) in [5.41, 5.74) is 6.35. The first-order chi connectivity index (χ1) is 13.3. The van der Waals surface area contributed by atoms with Crippen molar-refractivity contribution in [1.29, 1.82) is 0 Å². The molecule has 0 saturated carbocycles. The lowest BCUT2D eigenvalue weighted by Crippen LogP contribution is -2.00. The van der Waals surface area contributed by atoms with Gasteiger partial charge < -0.3 is 4.98 Å². The molecular weight excluding hydrogens is 358 g/mol. The number of anilines is 1. The van der Waals surface area contributed by atoms with E-state index in [1.54, 1.807) is 6.07 Å². The molecule has 0 bridgehead atoms. The standard InChI is InChI=1S/C21H16ClN5/c22-18-11-5-7-13-20(18)25-27-21(26-24-15-8-2-1-3-9-15)17-14-23-19-12-6-4-10-16(17)19/h1-14,23-24H/b26-21-,27-25?. The zero-order valence-corrected chi connectivity index (χ0v) is 15.1. The Balaban J connectivity index is 1.74. The molecular formula is C21H16ClN5.